The fourth-order valence-corrected chi connectivity index (χ4v) is 4.55. The Labute approximate surface area is 203 Å². The summed E-state index contributed by atoms with van der Waals surface area (Å²) < 4.78 is 0. The average Bonchev–Trinajstić information content (AvgIpc) is 2.79. The molecule has 34 heavy (non-hydrogen) atoms. The van der Waals surface area contributed by atoms with Crippen LogP contribution in [0, 0.1) is 11.3 Å². The molecule has 3 amide bonds. The van der Waals surface area contributed by atoms with Gasteiger partial charge in [-0.3, -0.25) is 19.6 Å². The number of aryl methyl sites for hydroxylation is 1. The second-order valence-corrected chi connectivity index (χ2v) is 10.5. The zero-order chi connectivity index (χ0) is 25.3. The number of aliphatic hydroxyl groups excluding tert-OH is 1. The van der Waals surface area contributed by atoms with Crippen molar-refractivity contribution in [2.75, 3.05) is 0 Å². The third kappa shape index (κ3) is 8.40. The molecule has 190 valence electrons. The minimum atomic E-state index is -0.800. The maximum atomic E-state index is 13.4. The lowest BCUT2D eigenvalue weighted by Gasteiger charge is -2.35. The number of carbonyl (C=O) groups is 3. The van der Waals surface area contributed by atoms with Gasteiger partial charge in [-0.2, -0.15) is 0 Å². The molecule has 1 aliphatic rings. The molecule has 1 fully saturated rings. The fraction of sp³-hybridized carbons (Fsp3) is 0.654. The van der Waals surface area contributed by atoms with Crippen LogP contribution in [0.1, 0.15) is 71.8 Å². The van der Waals surface area contributed by atoms with Gasteiger partial charge in [0.15, 0.2) is 0 Å². The van der Waals surface area contributed by atoms with E-state index in [0.29, 0.717) is 30.7 Å². The third-order valence-electron chi connectivity index (χ3n) is 6.68. The van der Waals surface area contributed by atoms with Crippen molar-refractivity contribution >= 4 is 18.2 Å². The van der Waals surface area contributed by atoms with Crippen molar-refractivity contribution in [2.45, 2.75) is 96.9 Å². The van der Waals surface area contributed by atoms with Crippen LogP contribution in [-0.4, -0.2) is 57.8 Å². The van der Waals surface area contributed by atoms with Gasteiger partial charge in [-0.1, -0.05) is 51.1 Å². The third-order valence-corrected chi connectivity index (χ3v) is 6.68. The van der Waals surface area contributed by atoms with Crippen LogP contribution < -0.4 is 10.6 Å². The van der Waals surface area contributed by atoms with Crippen molar-refractivity contribution in [1.82, 2.24) is 15.7 Å². The van der Waals surface area contributed by atoms with Gasteiger partial charge in [0, 0.05) is 6.04 Å². The first-order valence-electron chi connectivity index (χ1n) is 12.3. The first kappa shape index (κ1) is 27.8. The number of carbonyl (C=O) groups excluding carboxylic acids is 3. The number of rotatable bonds is 11. The average molecular weight is 476 g/mol. The molecule has 1 saturated carbocycles. The molecule has 0 spiro atoms. The summed E-state index contributed by atoms with van der Waals surface area (Å²) in [5, 5.41) is 26.3. The molecule has 4 N–H and O–H groups in total. The summed E-state index contributed by atoms with van der Waals surface area (Å²) in [5.41, 5.74) is 0.584. The van der Waals surface area contributed by atoms with Crippen LogP contribution in [0.15, 0.2) is 30.3 Å². The standard InChI is InChI=1S/C26H41N3O5/c1-18(29(34)17-30)22(15-8-12-19-10-6-5-7-11-19)24(32)28-23(26(2,3)4)25(33)27-20-13-9-14-21(31)16-20/h5-7,10-11,17-18,20-23,31,34H,8-9,12-16H2,1-4H3,(H,27,33)(H,28,32)/t18-,20?,21?,22+,23+/m0/s1. The number of amides is 3. The molecule has 0 radical (unpaired) electrons. The molecule has 1 aromatic rings. The SMILES string of the molecule is C[C@@H]([C@@H](CCCc1ccccc1)C(=O)N[C@H](C(=O)NC1CCCC(O)C1)C(C)(C)C)N(O)C=O. The Morgan fingerprint density at radius 2 is 1.85 bits per heavy atom. The molecule has 0 saturated heterocycles. The number of hydrogen-bond donors (Lipinski definition) is 4. The smallest absolute Gasteiger partial charge is 0.243 e. The monoisotopic (exact) mass is 475 g/mol. The number of nitrogens with one attached hydrogen (secondary N) is 2. The Kier molecular flexibility index (Phi) is 10.5. The van der Waals surface area contributed by atoms with Gasteiger partial charge in [-0.15, -0.1) is 0 Å². The molecule has 0 aromatic heterocycles. The molecule has 0 aliphatic heterocycles. The lowest BCUT2D eigenvalue weighted by Crippen LogP contribution is -2.58. The van der Waals surface area contributed by atoms with Gasteiger partial charge in [0.05, 0.1) is 18.1 Å². The van der Waals surface area contributed by atoms with Gasteiger partial charge in [0.25, 0.3) is 0 Å². The zero-order valence-corrected chi connectivity index (χ0v) is 20.9. The van der Waals surface area contributed by atoms with E-state index in [2.05, 4.69) is 10.6 Å². The van der Waals surface area contributed by atoms with Crippen molar-refractivity contribution in [3.63, 3.8) is 0 Å². The van der Waals surface area contributed by atoms with E-state index in [4.69, 9.17) is 0 Å². The normalized spacial score (nSPS) is 21.1. The number of benzene rings is 1. The van der Waals surface area contributed by atoms with Crippen LogP contribution in [0.4, 0.5) is 0 Å². The van der Waals surface area contributed by atoms with E-state index < -0.39 is 29.5 Å². The molecule has 0 bridgehead atoms. The first-order valence-corrected chi connectivity index (χ1v) is 12.3. The Hall–Kier alpha value is -2.45. The Morgan fingerprint density at radius 3 is 2.44 bits per heavy atom. The predicted molar refractivity (Wildman–Crippen MR) is 130 cm³/mol. The summed E-state index contributed by atoms with van der Waals surface area (Å²) in [6.07, 6.45) is 4.66. The Morgan fingerprint density at radius 1 is 1.18 bits per heavy atom. The summed E-state index contributed by atoms with van der Waals surface area (Å²) in [5.74, 6) is -1.35. The quantitative estimate of drug-likeness (QED) is 0.223. The van der Waals surface area contributed by atoms with Crippen molar-refractivity contribution in [3.05, 3.63) is 35.9 Å². The maximum absolute atomic E-state index is 13.4. The van der Waals surface area contributed by atoms with Gasteiger partial charge in [0.1, 0.15) is 6.04 Å². The predicted octanol–water partition coefficient (Wildman–Crippen LogP) is 2.81. The highest BCUT2D eigenvalue weighted by Crippen LogP contribution is 2.24. The largest absolute Gasteiger partial charge is 0.393 e. The summed E-state index contributed by atoms with van der Waals surface area (Å²) in [6, 6.07) is 8.23. The van der Waals surface area contributed by atoms with Gasteiger partial charge in [-0.05, 0) is 62.8 Å². The Balaban J connectivity index is 2.10. The van der Waals surface area contributed by atoms with Crippen LogP contribution >= 0.6 is 0 Å². The Bertz CT molecular complexity index is 795. The van der Waals surface area contributed by atoms with Crippen molar-refractivity contribution in [1.29, 1.82) is 0 Å². The maximum Gasteiger partial charge on any atom is 0.243 e. The first-order chi connectivity index (χ1) is 16.0. The van der Waals surface area contributed by atoms with E-state index in [9.17, 15) is 24.7 Å². The van der Waals surface area contributed by atoms with E-state index in [0.717, 1.165) is 31.2 Å². The summed E-state index contributed by atoms with van der Waals surface area (Å²) in [6.45, 7) is 7.26. The van der Waals surface area contributed by atoms with E-state index in [1.807, 2.05) is 51.1 Å². The molecule has 8 nitrogen and oxygen atoms in total. The minimum absolute atomic E-state index is 0.124. The molecule has 1 aliphatic carbocycles. The van der Waals surface area contributed by atoms with E-state index >= 15 is 0 Å². The highest BCUT2D eigenvalue weighted by molar-refractivity contribution is 5.89. The molecule has 2 unspecified atom stereocenters. The minimum Gasteiger partial charge on any atom is -0.393 e. The van der Waals surface area contributed by atoms with Crippen molar-refractivity contribution in [3.8, 4) is 0 Å². The number of aliphatic hydroxyl groups is 1. The van der Waals surface area contributed by atoms with Crippen molar-refractivity contribution < 1.29 is 24.7 Å². The molecule has 8 heteroatoms. The number of hydroxylamine groups is 2. The van der Waals surface area contributed by atoms with Crippen molar-refractivity contribution in [2.24, 2.45) is 11.3 Å². The molecule has 2 rings (SSSR count). The number of nitrogens with zero attached hydrogens (tertiary/aromatic N) is 1. The van der Waals surface area contributed by atoms with Gasteiger partial charge < -0.3 is 15.7 Å². The van der Waals surface area contributed by atoms with E-state index in [-0.39, 0.29) is 17.9 Å². The van der Waals surface area contributed by atoms with Gasteiger partial charge in [0.2, 0.25) is 18.2 Å². The van der Waals surface area contributed by atoms with Crippen LogP contribution in [0.2, 0.25) is 0 Å². The highest BCUT2D eigenvalue weighted by atomic mass is 16.5. The zero-order valence-electron chi connectivity index (χ0n) is 20.9. The summed E-state index contributed by atoms with van der Waals surface area (Å²) in [4.78, 5) is 37.7. The highest BCUT2D eigenvalue weighted by Gasteiger charge is 2.37. The lowest BCUT2D eigenvalue weighted by molar-refractivity contribution is -0.166. The summed E-state index contributed by atoms with van der Waals surface area (Å²) >= 11 is 0. The molecule has 5 atom stereocenters. The van der Waals surface area contributed by atoms with Gasteiger partial charge in [-0.25, -0.2) is 5.06 Å². The second kappa shape index (κ2) is 12.9. The molecular formula is C26H41N3O5. The topological polar surface area (TPSA) is 119 Å². The molecule has 1 aromatic carbocycles. The molecule has 0 heterocycles. The summed E-state index contributed by atoms with van der Waals surface area (Å²) in [7, 11) is 0. The second-order valence-electron chi connectivity index (χ2n) is 10.5. The van der Waals surface area contributed by atoms with E-state index in [1.54, 1.807) is 6.92 Å². The van der Waals surface area contributed by atoms with Crippen LogP contribution in [0.3, 0.4) is 0 Å². The molecular weight excluding hydrogens is 434 g/mol. The van der Waals surface area contributed by atoms with Crippen LogP contribution in [0.5, 0.6) is 0 Å². The van der Waals surface area contributed by atoms with Gasteiger partial charge >= 0.3 is 0 Å². The number of hydrogen-bond acceptors (Lipinski definition) is 5. The van der Waals surface area contributed by atoms with Crippen LogP contribution in [0.25, 0.3) is 0 Å². The lowest BCUT2D eigenvalue weighted by atomic mass is 9.84. The van der Waals surface area contributed by atoms with E-state index in [1.165, 1.54) is 0 Å². The van der Waals surface area contributed by atoms with Crippen LogP contribution in [-0.2, 0) is 20.8 Å². The fourth-order valence-electron chi connectivity index (χ4n) is 4.55.